The van der Waals surface area contributed by atoms with E-state index in [2.05, 4.69) is 9.93 Å². The van der Waals surface area contributed by atoms with Crippen LogP contribution in [0, 0.1) is 0 Å². The molecule has 1 unspecified atom stereocenters. The van der Waals surface area contributed by atoms with Crippen LogP contribution in [0.15, 0.2) is 22.1 Å². The maximum absolute atomic E-state index is 11.0. The standard InChI is InChI=1S/C11H14N2O2SSe/c1-8(14)12-11-13(4-5-16-11)7-9(15)10-3-2-6-17-10/h2-3,6,9,15H,4-5,7H2,1H3. The Morgan fingerprint density at radius 3 is 3.24 bits per heavy atom. The van der Waals surface area contributed by atoms with Crippen molar-refractivity contribution in [2.75, 3.05) is 18.8 Å². The molecule has 0 aliphatic carbocycles. The van der Waals surface area contributed by atoms with Crippen LogP contribution in [0.3, 0.4) is 0 Å². The van der Waals surface area contributed by atoms with Crippen LogP contribution in [0.25, 0.3) is 0 Å². The molecule has 2 rings (SSSR count). The fourth-order valence-corrected chi connectivity index (χ4v) is 4.13. The van der Waals surface area contributed by atoms with Gasteiger partial charge in [0, 0.05) is 0 Å². The number of rotatable bonds is 3. The van der Waals surface area contributed by atoms with Gasteiger partial charge in [0.2, 0.25) is 0 Å². The average molecular weight is 317 g/mol. The van der Waals surface area contributed by atoms with Gasteiger partial charge in [-0.3, -0.25) is 0 Å². The third-order valence-electron chi connectivity index (χ3n) is 2.38. The van der Waals surface area contributed by atoms with Gasteiger partial charge in [-0.1, -0.05) is 0 Å². The van der Waals surface area contributed by atoms with Gasteiger partial charge >= 0.3 is 111 Å². The van der Waals surface area contributed by atoms with Crippen molar-refractivity contribution in [3.05, 3.63) is 21.5 Å². The molecule has 1 aromatic heterocycles. The Morgan fingerprint density at radius 2 is 2.59 bits per heavy atom. The number of nitrogens with zero attached hydrogens (tertiary/aromatic N) is 2. The van der Waals surface area contributed by atoms with Gasteiger partial charge in [-0.05, 0) is 0 Å². The van der Waals surface area contributed by atoms with Crippen LogP contribution in [0.4, 0.5) is 0 Å². The van der Waals surface area contributed by atoms with E-state index in [-0.39, 0.29) is 20.4 Å². The molecule has 0 radical (unpaired) electrons. The SMILES string of the molecule is CC(=O)N=C1SCCN1CC(O)c1ccc[se]1. The molecule has 1 aliphatic rings. The van der Waals surface area contributed by atoms with Crippen molar-refractivity contribution in [2.45, 2.75) is 13.0 Å². The van der Waals surface area contributed by atoms with Crippen LogP contribution in [0.1, 0.15) is 17.5 Å². The molecule has 1 amide bonds. The number of aliphatic hydroxyl groups is 1. The molecule has 1 atom stereocenters. The monoisotopic (exact) mass is 318 g/mol. The molecular weight excluding hydrogens is 303 g/mol. The third kappa shape index (κ3) is 3.45. The number of β-amino-alcohol motifs (C(OH)–C–C–N with tert-alkyl or cyclic N) is 1. The number of thioether (sulfide) groups is 1. The molecule has 17 heavy (non-hydrogen) atoms. The van der Waals surface area contributed by atoms with Gasteiger partial charge in [-0.25, -0.2) is 0 Å². The van der Waals surface area contributed by atoms with Crippen molar-refractivity contribution in [1.29, 1.82) is 0 Å². The van der Waals surface area contributed by atoms with Crippen LogP contribution in [-0.4, -0.2) is 54.4 Å². The molecule has 1 saturated heterocycles. The van der Waals surface area contributed by atoms with Crippen LogP contribution in [0.2, 0.25) is 0 Å². The van der Waals surface area contributed by atoms with Gasteiger partial charge in [0.15, 0.2) is 0 Å². The summed E-state index contributed by atoms with van der Waals surface area (Å²) in [5.74, 6) is 0.751. The zero-order valence-electron chi connectivity index (χ0n) is 9.50. The number of carbonyl (C=O) groups excluding carboxylic acids is 1. The van der Waals surface area contributed by atoms with Gasteiger partial charge < -0.3 is 0 Å². The van der Waals surface area contributed by atoms with Gasteiger partial charge in [-0.2, -0.15) is 0 Å². The Balaban J connectivity index is 2.01. The molecule has 4 nitrogen and oxygen atoms in total. The van der Waals surface area contributed by atoms with Crippen LogP contribution < -0.4 is 0 Å². The zero-order chi connectivity index (χ0) is 12.3. The third-order valence-corrected chi connectivity index (χ3v) is 5.42. The maximum atomic E-state index is 11.0. The minimum absolute atomic E-state index is 0.181. The summed E-state index contributed by atoms with van der Waals surface area (Å²) in [5, 5.41) is 10.8. The van der Waals surface area contributed by atoms with Gasteiger partial charge in [0.05, 0.1) is 0 Å². The number of carbonyl (C=O) groups is 1. The number of amides is 1. The summed E-state index contributed by atoms with van der Waals surface area (Å²) in [7, 11) is 0. The molecule has 0 saturated carbocycles. The first-order chi connectivity index (χ1) is 8.16. The molecule has 1 aliphatic heterocycles. The fraction of sp³-hybridized carbons (Fsp3) is 0.455. The molecule has 1 aromatic rings. The molecule has 1 N–H and O–H groups in total. The molecule has 0 spiro atoms. The van der Waals surface area contributed by atoms with Crippen molar-refractivity contribution in [3.63, 3.8) is 0 Å². The van der Waals surface area contributed by atoms with E-state index in [1.54, 1.807) is 11.8 Å². The topological polar surface area (TPSA) is 52.9 Å². The molecule has 0 bridgehead atoms. The minimum atomic E-state index is -0.444. The summed E-state index contributed by atoms with van der Waals surface area (Å²) in [5.41, 5.74) is 0. The molecule has 6 heteroatoms. The number of aliphatic hydroxyl groups excluding tert-OH is 1. The van der Waals surface area contributed by atoms with Gasteiger partial charge in [-0.15, -0.1) is 0 Å². The Bertz CT molecular complexity index is 419. The van der Waals surface area contributed by atoms with E-state index in [4.69, 9.17) is 0 Å². The predicted molar refractivity (Wildman–Crippen MR) is 70.5 cm³/mol. The second-order valence-corrected chi connectivity index (χ2v) is 6.86. The number of amidine groups is 1. The second-order valence-electron chi connectivity index (χ2n) is 3.74. The van der Waals surface area contributed by atoms with E-state index in [0.717, 1.165) is 21.9 Å². The Labute approximate surface area is 110 Å². The van der Waals surface area contributed by atoms with Gasteiger partial charge in [0.25, 0.3) is 0 Å². The number of hydrogen-bond donors (Lipinski definition) is 1. The van der Waals surface area contributed by atoms with E-state index in [9.17, 15) is 9.90 Å². The summed E-state index contributed by atoms with van der Waals surface area (Å²) >= 11 is 1.86. The zero-order valence-corrected chi connectivity index (χ0v) is 12.0. The quantitative estimate of drug-likeness (QED) is 0.835. The summed E-state index contributed by atoms with van der Waals surface area (Å²) in [6.07, 6.45) is -0.444. The van der Waals surface area contributed by atoms with E-state index >= 15 is 0 Å². The Kier molecular flexibility index (Phi) is 4.45. The van der Waals surface area contributed by atoms with Crippen LogP contribution >= 0.6 is 11.8 Å². The van der Waals surface area contributed by atoms with Crippen molar-refractivity contribution in [1.82, 2.24) is 4.90 Å². The van der Waals surface area contributed by atoms with E-state index in [1.165, 1.54) is 6.92 Å². The average Bonchev–Trinajstić information content (AvgIpc) is 2.89. The molecule has 92 valence electrons. The Hall–Kier alpha value is -0.551. The first-order valence-electron chi connectivity index (χ1n) is 5.35. The second kappa shape index (κ2) is 5.87. The van der Waals surface area contributed by atoms with E-state index in [0.29, 0.717) is 6.54 Å². The van der Waals surface area contributed by atoms with E-state index in [1.807, 2.05) is 17.0 Å². The Morgan fingerprint density at radius 1 is 1.76 bits per heavy atom. The normalized spacial score (nSPS) is 19.9. The predicted octanol–water partition coefficient (Wildman–Crippen LogP) is 0.728. The molecule has 2 heterocycles. The molecule has 1 fully saturated rings. The summed E-state index contributed by atoms with van der Waals surface area (Å²) in [6, 6.07) is 3.97. The van der Waals surface area contributed by atoms with Gasteiger partial charge in [0.1, 0.15) is 0 Å². The molecular formula is C11H14N2O2SSe. The van der Waals surface area contributed by atoms with E-state index < -0.39 is 6.10 Å². The number of aliphatic imine (C=N–C) groups is 1. The fourth-order valence-electron chi connectivity index (χ4n) is 1.62. The van der Waals surface area contributed by atoms with Crippen LogP contribution in [0.5, 0.6) is 0 Å². The first-order valence-corrected chi connectivity index (χ1v) is 8.18. The molecule has 0 aromatic carbocycles. The summed E-state index contributed by atoms with van der Waals surface area (Å²) in [6.45, 7) is 2.84. The van der Waals surface area contributed by atoms with Crippen molar-refractivity contribution >= 4 is 37.3 Å². The summed E-state index contributed by atoms with van der Waals surface area (Å²) < 4.78 is 1.09. The van der Waals surface area contributed by atoms with Crippen molar-refractivity contribution in [2.24, 2.45) is 4.99 Å². The summed E-state index contributed by atoms with van der Waals surface area (Å²) in [4.78, 5) is 19.0. The van der Waals surface area contributed by atoms with Crippen molar-refractivity contribution in [3.8, 4) is 0 Å². The van der Waals surface area contributed by atoms with Crippen LogP contribution in [-0.2, 0) is 4.79 Å². The number of hydrogen-bond acceptors (Lipinski definition) is 3. The first kappa shape index (κ1) is 12.9. The van der Waals surface area contributed by atoms with Crippen molar-refractivity contribution < 1.29 is 9.90 Å².